The van der Waals surface area contributed by atoms with Gasteiger partial charge in [0.15, 0.2) is 11.5 Å². The number of nitrogens with zero attached hydrogens (tertiary/aromatic N) is 3. The molecule has 8 nitrogen and oxygen atoms in total. The second kappa shape index (κ2) is 8.48. The Hall–Kier alpha value is -3.13. The summed E-state index contributed by atoms with van der Waals surface area (Å²) in [5.74, 6) is 0.352. The summed E-state index contributed by atoms with van der Waals surface area (Å²) in [6, 6.07) is 12.9. The second-order valence-electron chi connectivity index (χ2n) is 7.18. The molecule has 1 fully saturated rings. The van der Waals surface area contributed by atoms with Crippen LogP contribution in [0.25, 0.3) is 0 Å². The molecule has 29 heavy (non-hydrogen) atoms. The summed E-state index contributed by atoms with van der Waals surface area (Å²) in [7, 11) is 0. The van der Waals surface area contributed by atoms with Crippen molar-refractivity contribution < 1.29 is 19.2 Å². The number of nitro benzene ring substituents is 1. The number of carbonyl (C=O) groups is 1. The first-order chi connectivity index (χ1) is 14.1. The van der Waals surface area contributed by atoms with Crippen LogP contribution in [0, 0.1) is 10.1 Å². The molecule has 0 atom stereocenters. The molecule has 0 aliphatic carbocycles. The summed E-state index contributed by atoms with van der Waals surface area (Å²) < 4.78 is 10.9. The first kappa shape index (κ1) is 19.2. The number of ether oxygens (including phenoxy) is 2. The molecular formula is C21H23N3O5. The van der Waals surface area contributed by atoms with E-state index in [9.17, 15) is 14.9 Å². The van der Waals surface area contributed by atoms with Gasteiger partial charge >= 0.3 is 0 Å². The van der Waals surface area contributed by atoms with Gasteiger partial charge in [-0.05, 0) is 12.0 Å². The molecule has 0 N–H and O–H groups in total. The average molecular weight is 397 g/mol. The topological polar surface area (TPSA) is 85.1 Å². The summed E-state index contributed by atoms with van der Waals surface area (Å²) in [4.78, 5) is 28.2. The van der Waals surface area contributed by atoms with E-state index in [-0.39, 0.29) is 17.2 Å². The van der Waals surface area contributed by atoms with Crippen molar-refractivity contribution in [3.63, 3.8) is 0 Å². The van der Waals surface area contributed by atoms with Gasteiger partial charge in [-0.25, -0.2) is 0 Å². The lowest BCUT2D eigenvalue weighted by Crippen LogP contribution is -2.35. The monoisotopic (exact) mass is 397 g/mol. The van der Waals surface area contributed by atoms with Crippen LogP contribution in [0.5, 0.6) is 11.5 Å². The molecular weight excluding hydrogens is 374 g/mol. The molecule has 0 saturated carbocycles. The molecule has 2 aliphatic rings. The van der Waals surface area contributed by atoms with Crippen molar-refractivity contribution in [3.05, 3.63) is 63.7 Å². The molecule has 0 bridgehead atoms. The van der Waals surface area contributed by atoms with Gasteiger partial charge in [-0.2, -0.15) is 0 Å². The van der Waals surface area contributed by atoms with E-state index < -0.39 is 4.92 Å². The third-order valence-corrected chi connectivity index (χ3v) is 5.21. The molecule has 0 spiro atoms. The van der Waals surface area contributed by atoms with Crippen molar-refractivity contribution in [3.8, 4) is 11.5 Å². The van der Waals surface area contributed by atoms with Gasteiger partial charge in [0.2, 0.25) is 0 Å². The van der Waals surface area contributed by atoms with E-state index >= 15 is 0 Å². The van der Waals surface area contributed by atoms with Crippen molar-refractivity contribution in [2.45, 2.75) is 13.0 Å². The largest absolute Gasteiger partial charge is 0.486 e. The van der Waals surface area contributed by atoms with Crippen molar-refractivity contribution in [2.75, 3.05) is 39.4 Å². The van der Waals surface area contributed by atoms with E-state index in [4.69, 9.17) is 9.47 Å². The lowest BCUT2D eigenvalue weighted by atomic mass is 10.1. The summed E-state index contributed by atoms with van der Waals surface area (Å²) in [6.45, 7) is 4.21. The van der Waals surface area contributed by atoms with Crippen LogP contribution in [-0.4, -0.2) is 60.0 Å². The average Bonchev–Trinajstić information content (AvgIpc) is 2.98. The highest BCUT2D eigenvalue weighted by Crippen LogP contribution is 2.37. The number of fused-ring (bicyclic) bond motifs is 1. The first-order valence-corrected chi connectivity index (χ1v) is 9.75. The number of hydrogen-bond donors (Lipinski definition) is 0. The Morgan fingerprint density at radius 2 is 1.72 bits per heavy atom. The Morgan fingerprint density at radius 3 is 2.45 bits per heavy atom. The van der Waals surface area contributed by atoms with Crippen molar-refractivity contribution in [1.82, 2.24) is 9.80 Å². The molecule has 0 radical (unpaired) electrons. The van der Waals surface area contributed by atoms with Gasteiger partial charge in [-0.3, -0.25) is 19.8 Å². The molecule has 2 aromatic rings. The van der Waals surface area contributed by atoms with E-state index in [0.29, 0.717) is 37.8 Å². The Balaban J connectivity index is 1.50. The Bertz CT molecular complexity index is 903. The van der Waals surface area contributed by atoms with Crippen molar-refractivity contribution in [2.24, 2.45) is 0 Å². The molecule has 0 unspecified atom stereocenters. The van der Waals surface area contributed by atoms with Gasteiger partial charge in [-0.15, -0.1) is 0 Å². The molecule has 1 amide bonds. The molecule has 152 valence electrons. The van der Waals surface area contributed by atoms with Crippen LogP contribution in [0.2, 0.25) is 0 Å². The highest BCUT2D eigenvalue weighted by molar-refractivity contribution is 5.99. The van der Waals surface area contributed by atoms with Crippen LogP contribution in [0.1, 0.15) is 22.3 Å². The number of hydrogen-bond acceptors (Lipinski definition) is 6. The van der Waals surface area contributed by atoms with Crippen LogP contribution in [0.4, 0.5) is 5.69 Å². The third-order valence-electron chi connectivity index (χ3n) is 5.21. The molecule has 2 heterocycles. The van der Waals surface area contributed by atoms with Crippen LogP contribution < -0.4 is 9.47 Å². The van der Waals surface area contributed by atoms with Crippen LogP contribution >= 0.6 is 0 Å². The number of carbonyl (C=O) groups excluding carboxylic acids is 1. The lowest BCUT2D eigenvalue weighted by Gasteiger charge is -2.23. The van der Waals surface area contributed by atoms with Crippen LogP contribution in [0.3, 0.4) is 0 Å². The van der Waals surface area contributed by atoms with E-state index in [0.717, 1.165) is 26.1 Å². The molecule has 0 aromatic heterocycles. The quantitative estimate of drug-likeness (QED) is 0.583. The van der Waals surface area contributed by atoms with Gasteiger partial charge < -0.3 is 14.4 Å². The van der Waals surface area contributed by atoms with Gasteiger partial charge in [0.1, 0.15) is 18.8 Å². The second-order valence-corrected chi connectivity index (χ2v) is 7.18. The zero-order valence-corrected chi connectivity index (χ0v) is 16.1. The van der Waals surface area contributed by atoms with Gasteiger partial charge in [0.25, 0.3) is 11.6 Å². The predicted octanol–water partition coefficient (Wildman–Crippen LogP) is 2.71. The molecule has 4 rings (SSSR count). The normalized spacial score (nSPS) is 16.9. The van der Waals surface area contributed by atoms with Gasteiger partial charge in [0.05, 0.1) is 11.0 Å². The zero-order valence-electron chi connectivity index (χ0n) is 16.1. The Kier molecular flexibility index (Phi) is 5.62. The standard InChI is InChI=1S/C21H23N3O5/c25-21(17-13-19-20(29-12-11-28-19)14-18(17)24(26)27)23-8-4-7-22(9-10-23)15-16-5-2-1-3-6-16/h1-3,5-6,13-14H,4,7-12,15H2. The number of benzene rings is 2. The fourth-order valence-corrected chi connectivity index (χ4v) is 3.74. The number of amides is 1. The lowest BCUT2D eigenvalue weighted by molar-refractivity contribution is -0.385. The molecule has 2 aliphatic heterocycles. The predicted molar refractivity (Wildman–Crippen MR) is 106 cm³/mol. The number of nitro groups is 1. The molecule has 8 heteroatoms. The van der Waals surface area contributed by atoms with Crippen LogP contribution in [0.15, 0.2) is 42.5 Å². The zero-order chi connectivity index (χ0) is 20.2. The van der Waals surface area contributed by atoms with Crippen molar-refractivity contribution >= 4 is 11.6 Å². The summed E-state index contributed by atoms with van der Waals surface area (Å²) in [6.07, 6.45) is 0.816. The summed E-state index contributed by atoms with van der Waals surface area (Å²) in [5, 5.41) is 11.5. The van der Waals surface area contributed by atoms with Crippen LogP contribution in [-0.2, 0) is 6.54 Å². The summed E-state index contributed by atoms with van der Waals surface area (Å²) >= 11 is 0. The minimum atomic E-state index is -0.537. The minimum absolute atomic E-state index is 0.0516. The first-order valence-electron chi connectivity index (χ1n) is 9.75. The molecule has 2 aromatic carbocycles. The maximum Gasteiger partial charge on any atom is 0.286 e. The maximum absolute atomic E-state index is 13.1. The van der Waals surface area contributed by atoms with Gasteiger partial charge in [-0.1, -0.05) is 30.3 Å². The fraction of sp³-hybridized carbons (Fsp3) is 0.381. The molecule has 1 saturated heterocycles. The van der Waals surface area contributed by atoms with Gasteiger partial charge in [0, 0.05) is 38.8 Å². The Labute approximate surface area is 168 Å². The highest BCUT2D eigenvalue weighted by Gasteiger charge is 2.30. The minimum Gasteiger partial charge on any atom is -0.486 e. The third kappa shape index (κ3) is 4.32. The smallest absolute Gasteiger partial charge is 0.286 e. The SMILES string of the molecule is O=C(c1cc2c(cc1[N+](=O)[O-])OCCO2)N1CCCN(Cc2ccccc2)CC1. The maximum atomic E-state index is 13.1. The number of rotatable bonds is 4. The van der Waals surface area contributed by atoms with E-state index in [2.05, 4.69) is 17.0 Å². The highest BCUT2D eigenvalue weighted by atomic mass is 16.6. The summed E-state index contributed by atoms with van der Waals surface area (Å²) in [5.41, 5.74) is 1.04. The van der Waals surface area contributed by atoms with E-state index in [1.807, 2.05) is 18.2 Å². The van der Waals surface area contributed by atoms with Crippen molar-refractivity contribution in [1.29, 1.82) is 0 Å². The Morgan fingerprint density at radius 1 is 1.00 bits per heavy atom. The van der Waals surface area contributed by atoms with E-state index in [1.54, 1.807) is 4.90 Å². The fourth-order valence-electron chi connectivity index (χ4n) is 3.74. The van der Waals surface area contributed by atoms with E-state index in [1.165, 1.54) is 17.7 Å².